The van der Waals surface area contributed by atoms with Gasteiger partial charge >= 0.3 is 6.03 Å². The summed E-state index contributed by atoms with van der Waals surface area (Å²) in [7, 11) is 0. The van der Waals surface area contributed by atoms with Gasteiger partial charge in [-0.15, -0.1) is 0 Å². The molecule has 3 N–H and O–H groups in total. The van der Waals surface area contributed by atoms with Crippen LogP contribution in [0.2, 0.25) is 0 Å². The lowest BCUT2D eigenvalue weighted by molar-refractivity contribution is 0.188. The molecule has 1 unspecified atom stereocenters. The van der Waals surface area contributed by atoms with Gasteiger partial charge in [0.2, 0.25) is 0 Å². The van der Waals surface area contributed by atoms with Gasteiger partial charge in [0.15, 0.2) is 0 Å². The van der Waals surface area contributed by atoms with Gasteiger partial charge < -0.3 is 20.5 Å². The van der Waals surface area contributed by atoms with E-state index in [2.05, 4.69) is 22.5 Å². The van der Waals surface area contributed by atoms with Gasteiger partial charge in [-0.3, -0.25) is 0 Å². The van der Waals surface area contributed by atoms with E-state index in [9.17, 15) is 4.79 Å². The maximum Gasteiger partial charge on any atom is 0.315 e. The van der Waals surface area contributed by atoms with E-state index in [1.165, 1.54) is 0 Å². The molecule has 0 bridgehead atoms. The summed E-state index contributed by atoms with van der Waals surface area (Å²) in [6.45, 7) is 1.62. The molecule has 1 saturated heterocycles. The molecule has 0 aromatic heterocycles. The maximum absolute atomic E-state index is 11.7. The van der Waals surface area contributed by atoms with Crippen LogP contribution in [0, 0.1) is 11.8 Å². The molecule has 5 heteroatoms. The van der Waals surface area contributed by atoms with Crippen LogP contribution in [0.3, 0.4) is 0 Å². The van der Waals surface area contributed by atoms with Crippen molar-refractivity contribution in [2.45, 2.75) is 19.0 Å². The zero-order valence-electron chi connectivity index (χ0n) is 11.2. The van der Waals surface area contributed by atoms with Crippen molar-refractivity contribution in [3.05, 3.63) is 35.4 Å². The smallest absolute Gasteiger partial charge is 0.315 e. The minimum atomic E-state index is -0.176. The third-order valence-corrected chi connectivity index (χ3v) is 2.98. The minimum Gasteiger partial charge on any atom is -0.384 e. The molecule has 20 heavy (non-hydrogen) atoms. The molecule has 1 aliphatic heterocycles. The van der Waals surface area contributed by atoms with Crippen molar-refractivity contribution >= 4 is 6.03 Å². The Kier molecular flexibility index (Phi) is 5.42. The van der Waals surface area contributed by atoms with Crippen LogP contribution in [0.25, 0.3) is 0 Å². The van der Waals surface area contributed by atoms with Crippen LogP contribution in [0.4, 0.5) is 4.79 Å². The molecular weight excluding hydrogens is 256 g/mol. The van der Waals surface area contributed by atoms with Crippen LogP contribution in [0.15, 0.2) is 24.3 Å². The highest BCUT2D eigenvalue weighted by molar-refractivity contribution is 5.74. The fourth-order valence-electron chi connectivity index (χ4n) is 1.91. The lowest BCUT2D eigenvalue weighted by Crippen LogP contribution is -2.42. The van der Waals surface area contributed by atoms with E-state index >= 15 is 0 Å². The number of aliphatic hydroxyl groups is 1. The van der Waals surface area contributed by atoms with Crippen molar-refractivity contribution < 1.29 is 14.6 Å². The van der Waals surface area contributed by atoms with Crippen molar-refractivity contribution in [1.82, 2.24) is 10.6 Å². The lowest BCUT2D eigenvalue weighted by atomic mass is 10.1. The second-order valence-electron chi connectivity index (χ2n) is 4.54. The molecular formula is C15H18N2O3. The Morgan fingerprint density at radius 3 is 2.85 bits per heavy atom. The first-order valence-electron chi connectivity index (χ1n) is 6.58. The number of aliphatic hydroxyl groups excluding tert-OH is 1. The summed E-state index contributed by atoms with van der Waals surface area (Å²) in [5, 5.41) is 14.3. The Labute approximate surface area is 118 Å². The number of urea groups is 1. The number of hydrogen-bond acceptors (Lipinski definition) is 3. The van der Waals surface area contributed by atoms with Crippen LogP contribution in [-0.4, -0.2) is 37.0 Å². The predicted octanol–water partition coefficient (Wildman–Crippen LogP) is 0.619. The molecule has 2 rings (SSSR count). The highest BCUT2D eigenvalue weighted by Crippen LogP contribution is 2.04. The summed E-state index contributed by atoms with van der Waals surface area (Å²) in [6.07, 6.45) is 0.867. The normalized spacial score (nSPS) is 17.1. The molecule has 5 nitrogen and oxygen atoms in total. The van der Waals surface area contributed by atoms with E-state index in [0.29, 0.717) is 19.8 Å². The monoisotopic (exact) mass is 274 g/mol. The van der Waals surface area contributed by atoms with E-state index in [1.54, 1.807) is 0 Å². The first kappa shape index (κ1) is 14.4. The number of ether oxygens (including phenoxy) is 1. The largest absolute Gasteiger partial charge is 0.384 e. The quantitative estimate of drug-likeness (QED) is 0.708. The molecule has 0 spiro atoms. The van der Waals surface area contributed by atoms with Crippen molar-refractivity contribution in [2.75, 3.05) is 19.8 Å². The van der Waals surface area contributed by atoms with Gasteiger partial charge in [0.05, 0.1) is 12.6 Å². The van der Waals surface area contributed by atoms with Gasteiger partial charge in [-0.25, -0.2) is 4.79 Å². The minimum absolute atomic E-state index is 0.117. The third kappa shape index (κ3) is 4.57. The summed E-state index contributed by atoms with van der Waals surface area (Å²) in [4.78, 5) is 11.7. The molecule has 106 valence electrons. The van der Waals surface area contributed by atoms with E-state index in [-0.39, 0.29) is 18.7 Å². The Hall–Kier alpha value is -2.03. The highest BCUT2D eigenvalue weighted by Gasteiger charge is 2.17. The lowest BCUT2D eigenvalue weighted by Gasteiger charge is -2.11. The van der Waals surface area contributed by atoms with Crippen LogP contribution >= 0.6 is 0 Å². The fraction of sp³-hybridized carbons (Fsp3) is 0.400. The Morgan fingerprint density at radius 2 is 2.20 bits per heavy atom. The van der Waals surface area contributed by atoms with Gasteiger partial charge in [-0.1, -0.05) is 24.0 Å². The molecule has 1 fully saturated rings. The number of carbonyl (C=O) groups is 1. The van der Waals surface area contributed by atoms with Crippen molar-refractivity contribution in [3.8, 4) is 11.8 Å². The molecule has 0 aliphatic carbocycles. The average Bonchev–Trinajstić information content (AvgIpc) is 2.97. The predicted molar refractivity (Wildman–Crippen MR) is 75.0 cm³/mol. The SMILES string of the molecule is O=C(NCc1ccc(C#CCO)cc1)NC1CCOC1. The number of benzene rings is 1. The standard InChI is InChI=1S/C15H18N2O3/c18-8-1-2-12-3-5-13(6-4-12)10-16-15(19)17-14-7-9-20-11-14/h3-6,14,18H,7-11H2,(H2,16,17,19). The second-order valence-corrected chi connectivity index (χ2v) is 4.54. The summed E-state index contributed by atoms with van der Waals surface area (Å²) in [5.41, 5.74) is 1.84. The summed E-state index contributed by atoms with van der Waals surface area (Å²) < 4.78 is 5.19. The van der Waals surface area contributed by atoms with Gasteiger partial charge in [0.25, 0.3) is 0 Å². The van der Waals surface area contributed by atoms with E-state index in [0.717, 1.165) is 17.5 Å². The topological polar surface area (TPSA) is 70.6 Å². The summed E-state index contributed by atoms with van der Waals surface area (Å²) >= 11 is 0. The molecule has 1 aliphatic rings. The van der Waals surface area contributed by atoms with Gasteiger partial charge in [0.1, 0.15) is 6.61 Å². The van der Waals surface area contributed by atoms with Gasteiger partial charge in [-0.05, 0) is 24.1 Å². The molecule has 1 aromatic rings. The Bertz CT molecular complexity index is 496. The number of amides is 2. The van der Waals surface area contributed by atoms with E-state index < -0.39 is 0 Å². The summed E-state index contributed by atoms with van der Waals surface area (Å²) in [5.74, 6) is 5.41. The van der Waals surface area contributed by atoms with Crippen molar-refractivity contribution in [2.24, 2.45) is 0 Å². The average molecular weight is 274 g/mol. The number of rotatable bonds is 3. The number of hydrogen-bond donors (Lipinski definition) is 3. The summed E-state index contributed by atoms with van der Waals surface area (Å²) in [6, 6.07) is 7.47. The van der Waals surface area contributed by atoms with Crippen molar-refractivity contribution in [3.63, 3.8) is 0 Å². The van der Waals surface area contributed by atoms with Crippen LogP contribution < -0.4 is 10.6 Å². The van der Waals surface area contributed by atoms with E-state index in [1.807, 2.05) is 24.3 Å². The first-order valence-corrected chi connectivity index (χ1v) is 6.58. The number of nitrogens with one attached hydrogen (secondary N) is 2. The van der Waals surface area contributed by atoms with Crippen LogP contribution in [0.1, 0.15) is 17.5 Å². The number of carbonyl (C=O) groups excluding carboxylic acids is 1. The molecule has 1 heterocycles. The zero-order valence-corrected chi connectivity index (χ0v) is 11.2. The Balaban J connectivity index is 1.76. The highest BCUT2D eigenvalue weighted by atomic mass is 16.5. The molecule has 1 aromatic carbocycles. The fourth-order valence-corrected chi connectivity index (χ4v) is 1.91. The van der Waals surface area contributed by atoms with Gasteiger partial charge in [-0.2, -0.15) is 0 Å². The molecule has 0 radical (unpaired) electrons. The Morgan fingerprint density at radius 1 is 1.40 bits per heavy atom. The second kappa shape index (κ2) is 7.53. The van der Waals surface area contributed by atoms with Crippen LogP contribution in [-0.2, 0) is 11.3 Å². The zero-order chi connectivity index (χ0) is 14.2. The third-order valence-electron chi connectivity index (χ3n) is 2.98. The van der Waals surface area contributed by atoms with E-state index in [4.69, 9.17) is 9.84 Å². The molecule has 0 saturated carbocycles. The first-order chi connectivity index (χ1) is 9.78. The van der Waals surface area contributed by atoms with Crippen LogP contribution in [0.5, 0.6) is 0 Å². The molecule has 2 amide bonds. The van der Waals surface area contributed by atoms with Crippen molar-refractivity contribution in [1.29, 1.82) is 0 Å². The molecule has 1 atom stereocenters. The van der Waals surface area contributed by atoms with Gasteiger partial charge in [0, 0.05) is 18.7 Å². The maximum atomic E-state index is 11.7.